The first-order valence-corrected chi connectivity index (χ1v) is 8.53. The molecule has 2 aromatic rings. The molecule has 2 amide bonds. The van der Waals surface area contributed by atoms with Gasteiger partial charge in [0.25, 0.3) is 11.8 Å². The Bertz CT molecular complexity index is 753. The van der Waals surface area contributed by atoms with Crippen molar-refractivity contribution >= 4 is 29.1 Å². The largest absolute Gasteiger partial charge is 0.269 e. The van der Waals surface area contributed by atoms with Crippen molar-refractivity contribution in [1.29, 1.82) is 0 Å². The van der Waals surface area contributed by atoms with Gasteiger partial charge < -0.3 is 0 Å². The van der Waals surface area contributed by atoms with Crippen molar-refractivity contribution in [2.45, 2.75) is 13.5 Å². The summed E-state index contributed by atoms with van der Waals surface area (Å²) in [5.41, 5.74) is 2.28. The normalized spacial score (nSPS) is 14.7. The number of carbonyl (C=O) groups is 2. The summed E-state index contributed by atoms with van der Waals surface area (Å²) in [5, 5.41) is 0. The fourth-order valence-corrected chi connectivity index (χ4v) is 3.47. The molecule has 1 aliphatic heterocycles. The fraction of sp³-hybridized carbons (Fsp3) is 0.158. The van der Waals surface area contributed by atoms with Gasteiger partial charge in [0, 0.05) is 0 Å². The molecule has 4 heteroatoms. The minimum absolute atomic E-state index is 0.190. The lowest BCUT2D eigenvalue weighted by atomic mass is 10.1. The van der Waals surface area contributed by atoms with Crippen LogP contribution in [-0.2, 0) is 16.1 Å². The number of benzene rings is 2. The lowest BCUT2D eigenvalue weighted by molar-refractivity contribution is -0.137. The highest BCUT2D eigenvalue weighted by Gasteiger charge is 2.38. The summed E-state index contributed by atoms with van der Waals surface area (Å²) in [5.74, 6) is 0.356. The van der Waals surface area contributed by atoms with E-state index in [0.29, 0.717) is 17.0 Å². The molecule has 0 fully saturated rings. The van der Waals surface area contributed by atoms with Crippen molar-refractivity contribution in [1.82, 2.24) is 4.90 Å². The van der Waals surface area contributed by atoms with Crippen LogP contribution in [0, 0.1) is 0 Å². The molecule has 0 bridgehead atoms. The van der Waals surface area contributed by atoms with Crippen molar-refractivity contribution in [3.63, 3.8) is 0 Å². The van der Waals surface area contributed by atoms with Crippen LogP contribution in [-0.4, -0.2) is 22.5 Å². The van der Waals surface area contributed by atoms with Crippen molar-refractivity contribution in [2.75, 3.05) is 5.75 Å². The van der Waals surface area contributed by atoms with E-state index in [-0.39, 0.29) is 11.8 Å². The summed E-state index contributed by atoms with van der Waals surface area (Å²) in [7, 11) is 0. The van der Waals surface area contributed by atoms with Crippen LogP contribution in [0.4, 0.5) is 0 Å². The Labute approximate surface area is 140 Å². The van der Waals surface area contributed by atoms with Gasteiger partial charge in [-0.05, 0) is 16.9 Å². The Morgan fingerprint density at radius 1 is 0.870 bits per heavy atom. The van der Waals surface area contributed by atoms with E-state index in [1.807, 2.05) is 67.6 Å². The van der Waals surface area contributed by atoms with E-state index in [0.717, 1.165) is 16.9 Å². The zero-order chi connectivity index (χ0) is 16.2. The Morgan fingerprint density at radius 3 is 2.09 bits per heavy atom. The molecule has 0 radical (unpaired) electrons. The molecule has 0 saturated heterocycles. The molecule has 23 heavy (non-hydrogen) atoms. The first kappa shape index (κ1) is 15.6. The van der Waals surface area contributed by atoms with Crippen molar-refractivity contribution < 1.29 is 9.59 Å². The molecule has 0 saturated carbocycles. The molecular formula is C19H17NO2S. The minimum Gasteiger partial charge on any atom is -0.269 e. The molecule has 0 N–H and O–H groups in total. The van der Waals surface area contributed by atoms with Crippen LogP contribution in [0.25, 0.3) is 5.57 Å². The third kappa shape index (κ3) is 3.08. The van der Waals surface area contributed by atoms with Gasteiger partial charge in [0.05, 0.1) is 17.0 Å². The quantitative estimate of drug-likeness (QED) is 0.787. The SMILES string of the molecule is CCSC1=C(c2ccccc2)C(=O)N(Cc2ccccc2)C1=O. The molecular weight excluding hydrogens is 306 g/mol. The second-order valence-corrected chi connectivity index (χ2v) is 6.46. The molecule has 0 atom stereocenters. The Balaban J connectivity index is 1.96. The standard InChI is InChI=1S/C19H17NO2S/c1-2-23-17-16(15-11-7-4-8-12-15)18(21)20(19(17)22)13-14-9-5-3-6-10-14/h3-12H,2,13H2,1H3. The van der Waals surface area contributed by atoms with Gasteiger partial charge >= 0.3 is 0 Å². The zero-order valence-corrected chi connectivity index (χ0v) is 13.7. The minimum atomic E-state index is -0.207. The lowest BCUT2D eigenvalue weighted by Gasteiger charge is -2.15. The van der Waals surface area contributed by atoms with Gasteiger partial charge in [-0.2, -0.15) is 0 Å². The van der Waals surface area contributed by atoms with Crippen LogP contribution < -0.4 is 0 Å². The van der Waals surface area contributed by atoms with Gasteiger partial charge in [0.1, 0.15) is 0 Å². The van der Waals surface area contributed by atoms with Gasteiger partial charge in [-0.15, -0.1) is 11.8 Å². The van der Waals surface area contributed by atoms with E-state index >= 15 is 0 Å². The summed E-state index contributed by atoms with van der Waals surface area (Å²) in [4.78, 5) is 27.5. The molecule has 0 aromatic heterocycles. The highest BCUT2D eigenvalue weighted by atomic mass is 32.2. The van der Waals surface area contributed by atoms with Crippen LogP contribution in [0.3, 0.4) is 0 Å². The molecule has 116 valence electrons. The average Bonchev–Trinajstić information content (AvgIpc) is 2.82. The van der Waals surface area contributed by atoms with E-state index in [4.69, 9.17) is 0 Å². The third-order valence-electron chi connectivity index (χ3n) is 3.66. The van der Waals surface area contributed by atoms with Gasteiger partial charge in [0.15, 0.2) is 0 Å². The number of rotatable bonds is 5. The molecule has 3 rings (SSSR count). The Kier molecular flexibility index (Phi) is 4.63. The Morgan fingerprint density at radius 2 is 1.48 bits per heavy atom. The number of hydrogen-bond donors (Lipinski definition) is 0. The number of hydrogen-bond acceptors (Lipinski definition) is 3. The summed E-state index contributed by atoms with van der Waals surface area (Å²) in [6.07, 6.45) is 0. The number of amides is 2. The molecule has 0 spiro atoms. The van der Waals surface area contributed by atoms with Gasteiger partial charge in [0.2, 0.25) is 0 Å². The molecule has 2 aromatic carbocycles. The van der Waals surface area contributed by atoms with Crippen LogP contribution in [0.2, 0.25) is 0 Å². The second kappa shape index (κ2) is 6.84. The van der Waals surface area contributed by atoms with E-state index in [1.54, 1.807) is 0 Å². The van der Waals surface area contributed by atoms with Gasteiger partial charge in [-0.1, -0.05) is 67.6 Å². The number of thioether (sulfide) groups is 1. The second-order valence-electron chi connectivity index (χ2n) is 5.19. The predicted octanol–water partition coefficient (Wildman–Crippen LogP) is 3.72. The van der Waals surface area contributed by atoms with Crippen molar-refractivity contribution in [3.8, 4) is 0 Å². The highest BCUT2D eigenvalue weighted by Crippen LogP contribution is 2.36. The highest BCUT2D eigenvalue weighted by molar-refractivity contribution is 8.04. The van der Waals surface area contributed by atoms with E-state index < -0.39 is 0 Å². The van der Waals surface area contributed by atoms with Gasteiger partial charge in [-0.25, -0.2) is 0 Å². The number of carbonyl (C=O) groups excluding carboxylic acids is 2. The predicted molar refractivity (Wildman–Crippen MR) is 93.5 cm³/mol. The van der Waals surface area contributed by atoms with Gasteiger partial charge in [-0.3, -0.25) is 14.5 Å². The van der Waals surface area contributed by atoms with Crippen LogP contribution in [0.15, 0.2) is 65.6 Å². The van der Waals surface area contributed by atoms with E-state index in [9.17, 15) is 9.59 Å². The maximum absolute atomic E-state index is 12.8. The molecule has 3 nitrogen and oxygen atoms in total. The average molecular weight is 323 g/mol. The van der Waals surface area contributed by atoms with E-state index in [2.05, 4.69) is 0 Å². The van der Waals surface area contributed by atoms with Crippen LogP contribution in [0.5, 0.6) is 0 Å². The maximum Gasteiger partial charge on any atom is 0.268 e. The van der Waals surface area contributed by atoms with Crippen molar-refractivity contribution in [3.05, 3.63) is 76.7 Å². The number of nitrogens with zero attached hydrogens (tertiary/aromatic N) is 1. The molecule has 1 heterocycles. The number of imide groups is 1. The van der Waals surface area contributed by atoms with E-state index in [1.165, 1.54) is 16.7 Å². The monoisotopic (exact) mass is 323 g/mol. The summed E-state index contributed by atoms with van der Waals surface area (Å²) < 4.78 is 0. The topological polar surface area (TPSA) is 37.4 Å². The molecule has 0 unspecified atom stereocenters. The summed E-state index contributed by atoms with van der Waals surface area (Å²) in [6.45, 7) is 2.29. The Hall–Kier alpha value is -2.33. The first-order valence-electron chi connectivity index (χ1n) is 7.55. The zero-order valence-electron chi connectivity index (χ0n) is 12.9. The lowest BCUT2D eigenvalue weighted by Crippen LogP contribution is -2.30. The maximum atomic E-state index is 12.8. The van der Waals surface area contributed by atoms with Crippen LogP contribution in [0.1, 0.15) is 18.1 Å². The third-order valence-corrected chi connectivity index (χ3v) is 4.62. The van der Waals surface area contributed by atoms with Crippen LogP contribution >= 0.6 is 11.8 Å². The molecule has 0 aliphatic carbocycles. The summed E-state index contributed by atoms with van der Waals surface area (Å²) in [6, 6.07) is 19.0. The smallest absolute Gasteiger partial charge is 0.268 e. The first-order chi connectivity index (χ1) is 11.2. The molecule has 1 aliphatic rings. The fourth-order valence-electron chi connectivity index (χ4n) is 2.60. The summed E-state index contributed by atoms with van der Waals surface area (Å²) >= 11 is 1.44. The van der Waals surface area contributed by atoms with Crippen molar-refractivity contribution in [2.24, 2.45) is 0 Å².